The van der Waals surface area contributed by atoms with Gasteiger partial charge in [0, 0.05) is 24.9 Å². The van der Waals surface area contributed by atoms with E-state index in [-0.39, 0.29) is 23.7 Å². The maximum atomic E-state index is 12.5. The van der Waals surface area contributed by atoms with Gasteiger partial charge in [-0.3, -0.25) is 9.59 Å². The van der Waals surface area contributed by atoms with Gasteiger partial charge < -0.3 is 20.0 Å². The smallest absolute Gasteiger partial charge is 0.326 e. The molecule has 8 heteroatoms. The fourth-order valence-corrected chi connectivity index (χ4v) is 3.89. The van der Waals surface area contributed by atoms with Crippen LogP contribution in [0.25, 0.3) is 0 Å². The molecule has 2 amide bonds. The first-order valence-electron chi connectivity index (χ1n) is 9.30. The molecule has 0 radical (unpaired) electrons. The minimum atomic E-state index is -0.972. The Hall–Kier alpha value is -2.12. The van der Waals surface area contributed by atoms with Crippen LogP contribution >= 0.6 is 0 Å². The lowest BCUT2D eigenvalue weighted by Crippen LogP contribution is -2.44. The number of carboxylic acids is 2. The zero-order valence-corrected chi connectivity index (χ0v) is 15.4. The van der Waals surface area contributed by atoms with Crippen molar-refractivity contribution in [3.8, 4) is 0 Å². The van der Waals surface area contributed by atoms with E-state index < -0.39 is 24.0 Å². The van der Waals surface area contributed by atoms with Crippen molar-refractivity contribution in [2.24, 2.45) is 11.8 Å². The van der Waals surface area contributed by atoms with E-state index in [1.54, 1.807) is 13.8 Å². The molecule has 4 atom stereocenters. The summed E-state index contributed by atoms with van der Waals surface area (Å²) in [6.45, 7) is 4.44. The van der Waals surface area contributed by atoms with E-state index in [4.69, 9.17) is 0 Å². The minimum absolute atomic E-state index is 0.181. The van der Waals surface area contributed by atoms with Crippen LogP contribution in [0.4, 0.5) is 0 Å². The zero-order chi connectivity index (χ0) is 19.4. The van der Waals surface area contributed by atoms with Crippen molar-refractivity contribution in [2.75, 3.05) is 13.1 Å². The van der Waals surface area contributed by atoms with Crippen molar-refractivity contribution in [1.29, 1.82) is 0 Å². The van der Waals surface area contributed by atoms with Gasteiger partial charge in [0.1, 0.15) is 12.1 Å². The first-order valence-corrected chi connectivity index (χ1v) is 9.30. The third-order valence-electron chi connectivity index (χ3n) is 5.52. The van der Waals surface area contributed by atoms with E-state index in [0.29, 0.717) is 51.6 Å². The number of carboxylic acid groups (broad SMARTS) is 2. The van der Waals surface area contributed by atoms with Crippen molar-refractivity contribution in [3.63, 3.8) is 0 Å². The van der Waals surface area contributed by atoms with Crippen LogP contribution in [0, 0.1) is 11.8 Å². The molecule has 26 heavy (non-hydrogen) atoms. The molecule has 0 aromatic carbocycles. The SMILES string of the molecule is CC(CCC(C)C(=O)N1CCC[C@@H]1C(=O)O)C(=O)N1CCC[C@@H]1C(=O)O. The van der Waals surface area contributed by atoms with Gasteiger partial charge in [-0.25, -0.2) is 9.59 Å². The Kier molecular flexibility index (Phi) is 6.61. The number of carbonyl (C=O) groups is 4. The second-order valence-corrected chi connectivity index (χ2v) is 7.44. The summed E-state index contributed by atoms with van der Waals surface area (Å²) in [5, 5.41) is 18.4. The van der Waals surface area contributed by atoms with E-state index in [2.05, 4.69) is 0 Å². The molecular weight excluding hydrogens is 340 g/mol. The Morgan fingerprint density at radius 3 is 1.46 bits per heavy atom. The monoisotopic (exact) mass is 368 g/mol. The number of carbonyl (C=O) groups excluding carboxylic acids is 2. The highest BCUT2D eigenvalue weighted by molar-refractivity contribution is 5.86. The summed E-state index contributed by atoms with van der Waals surface area (Å²) in [4.78, 5) is 50.4. The molecule has 2 aliphatic heterocycles. The molecule has 2 aliphatic rings. The van der Waals surface area contributed by atoms with Gasteiger partial charge in [0.05, 0.1) is 0 Å². The van der Waals surface area contributed by atoms with Gasteiger partial charge in [0.15, 0.2) is 0 Å². The summed E-state index contributed by atoms with van der Waals surface area (Å²) in [6, 6.07) is -1.49. The number of amides is 2. The molecule has 2 unspecified atom stereocenters. The number of hydrogen-bond donors (Lipinski definition) is 2. The summed E-state index contributed by atoms with van der Waals surface area (Å²) < 4.78 is 0. The minimum Gasteiger partial charge on any atom is -0.480 e. The molecule has 0 aliphatic carbocycles. The van der Waals surface area contributed by atoms with Crippen molar-refractivity contribution in [3.05, 3.63) is 0 Å². The van der Waals surface area contributed by atoms with Gasteiger partial charge in [0.2, 0.25) is 11.8 Å². The van der Waals surface area contributed by atoms with Crippen LogP contribution in [-0.2, 0) is 19.2 Å². The molecule has 0 aromatic rings. The summed E-state index contributed by atoms with van der Waals surface area (Å²) in [7, 11) is 0. The van der Waals surface area contributed by atoms with Crippen molar-refractivity contribution in [1.82, 2.24) is 9.80 Å². The second-order valence-electron chi connectivity index (χ2n) is 7.44. The molecule has 8 nitrogen and oxygen atoms in total. The molecule has 2 saturated heterocycles. The summed E-state index contributed by atoms with van der Waals surface area (Å²) in [5.41, 5.74) is 0. The molecule has 2 N–H and O–H groups in total. The summed E-state index contributed by atoms with van der Waals surface area (Å²) in [6.07, 6.45) is 3.29. The fraction of sp³-hybridized carbons (Fsp3) is 0.778. The van der Waals surface area contributed by atoms with Gasteiger partial charge in [-0.2, -0.15) is 0 Å². The van der Waals surface area contributed by atoms with E-state index >= 15 is 0 Å². The molecule has 0 bridgehead atoms. The fourth-order valence-electron chi connectivity index (χ4n) is 3.89. The maximum Gasteiger partial charge on any atom is 0.326 e. The van der Waals surface area contributed by atoms with Gasteiger partial charge in [0.25, 0.3) is 0 Å². The van der Waals surface area contributed by atoms with E-state index in [1.807, 2.05) is 0 Å². The Bertz CT molecular complexity index is 528. The van der Waals surface area contributed by atoms with Crippen molar-refractivity contribution >= 4 is 23.8 Å². The molecule has 0 saturated carbocycles. The van der Waals surface area contributed by atoms with Crippen LogP contribution in [0.2, 0.25) is 0 Å². The van der Waals surface area contributed by atoms with Gasteiger partial charge in [-0.05, 0) is 38.5 Å². The third-order valence-corrected chi connectivity index (χ3v) is 5.52. The van der Waals surface area contributed by atoms with Crippen LogP contribution in [0.1, 0.15) is 52.4 Å². The van der Waals surface area contributed by atoms with Gasteiger partial charge in [-0.15, -0.1) is 0 Å². The van der Waals surface area contributed by atoms with E-state index in [1.165, 1.54) is 9.80 Å². The quantitative estimate of drug-likeness (QED) is 0.697. The molecule has 2 heterocycles. The molecule has 0 spiro atoms. The predicted molar refractivity (Wildman–Crippen MR) is 92.3 cm³/mol. The lowest BCUT2D eigenvalue weighted by atomic mass is 9.95. The average Bonchev–Trinajstić information content (AvgIpc) is 3.26. The van der Waals surface area contributed by atoms with Crippen LogP contribution in [0.3, 0.4) is 0 Å². The lowest BCUT2D eigenvalue weighted by molar-refractivity contribution is -0.150. The Morgan fingerprint density at radius 1 is 0.808 bits per heavy atom. The van der Waals surface area contributed by atoms with Crippen LogP contribution in [0.5, 0.6) is 0 Å². The predicted octanol–water partition coefficient (Wildman–Crippen LogP) is 1.19. The number of aliphatic carboxylic acids is 2. The summed E-state index contributed by atoms with van der Waals surface area (Å²) in [5.74, 6) is -3.03. The first-order chi connectivity index (χ1) is 12.2. The van der Waals surface area contributed by atoms with Crippen LogP contribution in [0.15, 0.2) is 0 Å². The van der Waals surface area contributed by atoms with Crippen molar-refractivity contribution < 1.29 is 29.4 Å². The first kappa shape index (κ1) is 20.2. The standard InChI is InChI=1S/C18H28N2O6/c1-11(15(21)19-9-3-5-13(19)17(23)24)7-8-12(2)16(22)20-10-4-6-14(20)18(25)26/h11-14H,3-10H2,1-2H3,(H,23,24)(H,25,26)/t11?,12?,13-,14-/m1/s1. The molecular formula is C18H28N2O6. The number of rotatable bonds is 7. The summed E-state index contributed by atoms with van der Waals surface area (Å²) >= 11 is 0. The Labute approximate surface area is 153 Å². The Balaban J connectivity index is 1.87. The number of nitrogens with zero attached hydrogens (tertiary/aromatic N) is 2. The van der Waals surface area contributed by atoms with Gasteiger partial charge >= 0.3 is 11.9 Å². The third kappa shape index (κ3) is 4.34. The average molecular weight is 368 g/mol. The van der Waals surface area contributed by atoms with E-state index in [0.717, 1.165) is 0 Å². The largest absolute Gasteiger partial charge is 0.480 e. The van der Waals surface area contributed by atoms with Crippen LogP contribution in [-0.4, -0.2) is 68.9 Å². The Morgan fingerprint density at radius 2 is 1.15 bits per heavy atom. The lowest BCUT2D eigenvalue weighted by Gasteiger charge is -2.27. The zero-order valence-electron chi connectivity index (χ0n) is 15.4. The molecule has 2 fully saturated rings. The second kappa shape index (κ2) is 8.51. The van der Waals surface area contributed by atoms with E-state index in [9.17, 15) is 29.4 Å². The number of hydrogen-bond acceptors (Lipinski definition) is 4. The highest BCUT2D eigenvalue weighted by Crippen LogP contribution is 2.25. The topological polar surface area (TPSA) is 115 Å². The normalized spacial score (nSPS) is 25.2. The molecule has 2 rings (SSSR count). The molecule has 0 aromatic heterocycles. The number of likely N-dealkylation sites (tertiary alicyclic amines) is 2. The van der Waals surface area contributed by atoms with Crippen LogP contribution < -0.4 is 0 Å². The van der Waals surface area contributed by atoms with Gasteiger partial charge in [-0.1, -0.05) is 13.8 Å². The molecule has 146 valence electrons. The highest BCUT2D eigenvalue weighted by atomic mass is 16.4. The van der Waals surface area contributed by atoms with Crippen molar-refractivity contribution in [2.45, 2.75) is 64.5 Å². The maximum absolute atomic E-state index is 12.5. The highest BCUT2D eigenvalue weighted by Gasteiger charge is 2.37.